The summed E-state index contributed by atoms with van der Waals surface area (Å²) in [6.07, 6.45) is 0.302. The van der Waals surface area contributed by atoms with Crippen molar-refractivity contribution in [1.29, 1.82) is 5.26 Å². The first-order chi connectivity index (χ1) is 10.5. The smallest absolute Gasteiger partial charge is 0.264 e. The van der Waals surface area contributed by atoms with Gasteiger partial charge in [0.1, 0.15) is 0 Å². The van der Waals surface area contributed by atoms with Gasteiger partial charge in [-0.1, -0.05) is 23.7 Å². The number of hydrogen-bond acceptors (Lipinski definition) is 3. The molecule has 0 saturated heterocycles. The zero-order valence-electron chi connectivity index (χ0n) is 12.0. The molecule has 0 atom stereocenters. The Bertz CT molecular complexity index is 778. The van der Waals surface area contributed by atoms with Gasteiger partial charge in [0.25, 0.3) is 10.0 Å². The van der Waals surface area contributed by atoms with Crippen molar-refractivity contribution in [3.8, 4) is 6.07 Å². The fraction of sp³-hybridized carbons (Fsp3) is 0.188. The van der Waals surface area contributed by atoms with Crippen LogP contribution in [0.2, 0.25) is 5.02 Å². The molecule has 2 rings (SSSR count). The molecule has 2 aromatic carbocycles. The lowest BCUT2D eigenvalue weighted by molar-refractivity contribution is 0.592. The number of nitriles is 1. The van der Waals surface area contributed by atoms with Crippen molar-refractivity contribution in [2.24, 2.45) is 0 Å². The largest absolute Gasteiger partial charge is 0.267 e. The van der Waals surface area contributed by atoms with Gasteiger partial charge in [0.05, 0.1) is 23.1 Å². The van der Waals surface area contributed by atoms with E-state index < -0.39 is 10.0 Å². The van der Waals surface area contributed by atoms with Gasteiger partial charge in [-0.15, -0.1) is 0 Å². The van der Waals surface area contributed by atoms with E-state index in [2.05, 4.69) is 6.07 Å². The quantitative estimate of drug-likeness (QED) is 0.839. The fourth-order valence-corrected chi connectivity index (χ4v) is 3.70. The van der Waals surface area contributed by atoms with E-state index in [4.69, 9.17) is 16.9 Å². The summed E-state index contributed by atoms with van der Waals surface area (Å²) in [6, 6.07) is 15.1. The Kier molecular flexibility index (Phi) is 5.07. The van der Waals surface area contributed by atoms with E-state index in [0.29, 0.717) is 23.7 Å². The zero-order valence-corrected chi connectivity index (χ0v) is 13.6. The van der Waals surface area contributed by atoms with E-state index in [1.807, 2.05) is 0 Å². The van der Waals surface area contributed by atoms with Crippen LogP contribution in [0.3, 0.4) is 0 Å². The third-order valence-electron chi connectivity index (χ3n) is 3.20. The predicted molar refractivity (Wildman–Crippen MR) is 87.4 cm³/mol. The summed E-state index contributed by atoms with van der Waals surface area (Å²) in [7, 11) is -3.64. The van der Waals surface area contributed by atoms with Gasteiger partial charge in [-0.2, -0.15) is 5.26 Å². The van der Waals surface area contributed by atoms with Gasteiger partial charge in [0, 0.05) is 11.6 Å². The third kappa shape index (κ3) is 3.41. The van der Waals surface area contributed by atoms with Gasteiger partial charge in [-0.3, -0.25) is 4.31 Å². The Morgan fingerprint density at radius 2 is 1.68 bits per heavy atom. The van der Waals surface area contributed by atoms with Crippen LogP contribution in [0.15, 0.2) is 53.4 Å². The molecule has 4 nitrogen and oxygen atoms in total. The second-order valence-electron chi connectivity index (χ2n) is 4.63. The van der Waals surface area contributed by atoms with Crippen LogP contribution >= 0.6 is 11.6 Å². The summed E-state index contributed by atoms with van der Waals surface area (Å²) < 4.78 is 26.8. The van der Waals surface area contributed by atoms with Gasteiger partial charge in [0.2, 0.25) is 0 Å². The van der Waals surface area contributed by atoms with Crippen LogP contribution in [0.4, 0.5) is 5.69 Å². The molecule has 6 heteroatoms. The standard InChI is InChI=1S/C16H15ClN2O2S/c1-2-19(15-7-3-13(4-8-15)11-12-18)22(20,21)16-9-5-14(17)6-10-16/h3-10H,2,11H2,1H3. The molecule has 0 fully saturated rings. The number of benzene rings is 2. The average molecular weight is 335 g/mol. The highest BCUT2D eigenvalue weighted by molar-refractivity contribution is 7.92. The molecule has 0 radical (unpaired) electrons. The summed E-state index contributed by atoms with van der Waals surface area (Å²) in [4.78, 5) is 0.194. The number of halogens is 1. The minimum absolute atomic E-state index is 0.194. The minimum Gasteiger partial charge on any atom is -0.267 e. The SMILES string of the molecule is CCN(c1ccc(CC#N)cc1)S(=O)(=O)c1ccc(Cl)cc1. The molecule has 0 bridgehead atoms. The molecule has 0 spiro atoms. The molecule has 0 aliphatic rings. The Morgan fingerprint density at radius 1 is 1.09 bits per heavy atom. The van der Waals surface area contributed by atoms with Crippen molar-refractivity contribution in [3.63, 3.8) is 0 Å². The number of sulfonamides is 1. The normalized spacial score (nSPS) is 11.0. The Morgan fingerprint density at radius 3 is 2.18 bits per heavy atom. The first-order valence-electron chi connectivity index (χ1n) is 6.73. The van der Waals surface area contributed by atoms with Crippen LogP contribution in [0.1, 0.15) is 12.5 Å². The molecule has 2 aromatic rings. The molecule has 0 N–H and O–H groups in total. The van der Waals surface area contributed by atoms with E-state index in [9.17, 15) is 8.42 Å². The second kappa shape index (κ2) is 6.82. The third-order valence-corrected chi connectivity index (χ3v) is 5.37. The average Bonchev–Trinajstić information content (AvgIpc) is 2.50. The maximum absolute atomic E-state index is 12.7. The molecule has 0 aliphatic carbocycles. The minimum atomic E-state index is -3.64. The van der Waals surface area contributed by atoms with Gasteiger partial charge >= 0.3 is 0 Å². The highest BCUT2D eigenvalue weighted by Gasteiger charge is 2.23. The highest BCUT2D eigenvalue weighted by Crippen LogP contribution is 2.24. The number of hydrogen-bond donors (Lipinski definition) is 0. The number of anilines is 1. The van der Waals surface area contributed by atoms with Crippen LogP contribution in [0.5, 0.6) is 0 Å². The summed E-state index contributed by atoms with van der Waals surface area (Å²) >= 11 is 5.80. The lowest BCUT2D eigenvalue weighted by atomic mass is 10.1. The second-order valence-corrected chi connectivity index (χ2v) is 6.92. The van der Waals surface area contributed by atoms with Crippen LogP contribution < -0.4 is 4.31 Å². The topological polar surface area (TPSA) is 61.2 Å². The summed E-state index contributed by atoms with van der Waals surface area (Å²) in [6.45, 7) is 2.08. The zero-order chi connectivity index (χ0) is 16.2. The van der Waals surface area contributed by atoms with Gasteiger partial charge in [-0.25, -0.2) is 8.42 Å². The molecule has 0 amide bonds. The number of nitrogens with zero attached hydrogens (tertiary/aromatic N) is 2. The van der Waals surface area contributed by atoms with Crippen molar-refractivity contribution in [2.45, 2.75) is 18.2 Å². The maximum atomic E-state index is 12.7. The molecule has 22 heavy (non-hydrogen) atoms. The summed E-state index contributed by atoms with van der Waals surface area (Å²) in [5.41, 5.74) is 1.42. The van der Waals surface area contributed by atoms with Crippen molar-refractivity contribution in [2.75, 3.05) is 10.8 Å². The molecule has 0 aromatic heterocycles. The molecule has 0 heterocycles. The predicted octanol–water partition coefficient (Wildman–Crippen LogP) is 3.62. The van der Waals surface area contributed by atoms with Crippen LogP contribution in [0, 0.1) is 11.3 Å². The first kappa shape index (κ1) is 16.3. The monoisotopic (exact) mass is 334 g/mol. The number of rotatable bonds is 5. The molecular formula is C16H15ClN2O2S. The van der Waals surface area contributed by atoms with E-state index in [1.54, 1.807) is 43.3 Å². The van der Waals surface area contributed by atoms with Crippen molar-refractivity contribution in [3.05, 3.63) is 59.1 Å². The first-order valence-corrected chi connectivity index (χ1v) is 8.55. The van der Waals surface area contributed by atoms with E-state index in [-0.39, 0.29) is 4.90 Å². The van der Waals surface area contributed by atoms with Gasteiger partial charge in [-0.05, 0) is 48.9 Å². The molecular weight excluding hydrogens is 320 g/mol. The maximum Gasteiger partial charge on any atom is 0.264 e. The van der Waals surface area contributed by atoms with E-state index in [1.165, 1.54) is 16.4 Å². The van der Waals surface area contributed by atoms with Crippen molar-refractivity contribution >= 4 is 27.3 Å². The summed E-state index contributed by atoms with van der Waals surface area (Å²) in [5, 5.41) is 9.17. The highest BCUT2D eigenvalue weighted by atomic mass is 35.5. The lowest BCUT2D eigenvalue weighted by Crippen LogP contribution is -2.30. The Labute approximate surface area is 135 Å². The molecule has 114 valence electrons. The van der Waals surface area contributed by atoms with Crippen molar-refractivity contribution < 1.29 is 8.42 Å². The fourth-order valence-electron chi connectivity index (χ4n) is 2.10. The molecule has 0 saturated carbocycles. The van der Waals surface area contributed by atoms with E-state index >= 15 is 0 Å². The van der Waals surface area contributed by atoms with Crippen LogP contribution in [-0.2, 0) is 16.4 Å². The molecule has 0 unspecified atom stereocenters. The molecule has 0 aliphatic heterocycles. The van der Waals surface area contributed by atoms with Crippen LogP contribution in [0.25, 0.3) is 0 Å². The van der Waals surface area contributed by atoms with Gasteiger partial charge in [0.15, 0.2) is 0 Å². The van der Waals surface area contributed by atoms with Crippen LogP contribution in [-0.4, -0.2) is 15.0 Å². The lowest BCUT2D eigenvalue weighted by Gasteiger charge is -2.23. The summed E-state index contributed by atoms with van der Waals surface area (Å²) in [5.74, 6) is 0. The van der Waals surface area contributed by atoms with Gasteiger partial charge < -0.3 is 0 Å². The van der Waals surface area contributed by atoms with Crippen molar-refractivity contribution in [1.82, 2.24) is 0 Å². The van der Waals surface area contributed by atoms with E-state index in [0.717, 1.165) is 5.56 Å². The Balaban J connectivity index is 2.38. The Hall–Kier alpha value is -2.03.